The number of carbonyl (C=O) groups is 2. The summed E-state index contributed by atoms with van der Waals surface area (Å²) in [4.78, 5) is 28.5. The van der Waals surface area contributed by atoms with Crippen LogP contribution < -0.4 is 30.7 Å². The Balaban J connectivity index is 1.36. The number of carbonyl (C=O) groups excluding carboxylic acids is 2. The third-order valence-corrected chi connectivity index (χ3v) is 15.4. The molecule has 0 aliphatic heterocycles. The van der Waals surface area contributed by atoms with Gasteiger partial charge in [-0.2, -0.15) is 0 Å². The number of aromatic hydroxyl groups is 2. The van der Waals surface area contributed by atoms with Gasteiger partial charge in [-0.1, -0.05) is 144 Å². The molecular weight excluding hydrogens is 985 g/mol. The lowest BCUT2D eigenvalue weighted by atomic mass is 9.79. The molecule has 6 aromatic carbocycles. The van der Waals surface area contributed by atoms with Crippen LogP contribution in [0, 0.1) is 0 Å². The summed E-state index contributed by atoms with van der Waals surface area (Å²) in [6, 6.07) is 32.1. The number of phenols is 2. The minimum Gasteiger partial charge on any atom is -0.507 e. The Morgan fingerprint density at radius 3 is 0.987 bits per heavy atom. The van der Waals surface area contributed by atoms with Crippen molar-refractivity contribution in [2.45, 2.75) is 140 Å². The second kappa shape index (κ2) is 23.6. The second-order valence-electron chi connectivity index (χ2n) is 24.2. The van der Waals surface area contributed by atoms with Gasteiger partial charge in [0.15, 0.2) is 0 Å². The highest BCUT2D eigenvalue weighted by Gasteiger charge is 2.29. The summed E-state index contributed by atoms with van der Waals surface area (Å²) in [5, 5.41) is 37.3. The van der Waals surface area contributed by atoms with Crippen molar-refractivity contribution in [1.82, 2.24) is 10.6 Å². The van der Waals surface area contributed by atoms with E-state index in [0.29, 0.717) is 48.6 Å². The molecule has 0 fully saturated rings. The van der Waals surface area contributed by atoms with E-state index in [2.05, 4.69) is 153 Å². The third kappa shape index (κ3) is 14.6. The maximum absolute atomic E-state index is 13.2. The quantitative estimate of drug-likeness (QED) is 0.0525. The van der Waals surface area contributed by atoms with E-state index in [4.69, 9.17) is 9.47 Å². The molecule has 8 bridgehead atoms. The molecule has 0 spiro atoms. The Labute approximate surface area is 461 Å². The largest absolute Gasteiger partial charge is 0.507 e. The highest BCUT2D eigenvalue weighted by molar-refractivity contribution is 7.98. The first-order chi connectivity index (χ1) is 35.7. The van der Waals surface area contributed by atoms with Crippen LogP contribution in [0.15, 0.2) is 107 Å². The zero-order chi connectivity index (χ0) is 55.3. The molecule has 0 aromatic heterocycles. The standard InChI is InChI=1S/C64H80N4O6S2/c1-61(2,3)47-29-39-25-43-33-49(63(7,8)9)35-45(57(43)73-23-21-65-59(71)67-51-17-15-19-53(37-51)75-13)27-41-31-48(62(4,5)6)32-42(56(41)70)28-46-36-50(64(10,11)12)34-44(26-40(30-47)55(39)69)58(46)74-24-22-66-60(72)68-52-18-16-20-54(38-52)76-14/h15-20,29-38,69-70H,21-28H2,1-14H3,(H2,65,67,71)(H2,66,68,72). The van der Waals surface area contributed by atoms with Gasteiger partial charge >= 0.3 is 12.1 Å². The van der Waals surface area contributed by atoms with Crippen LogP contribution in [0.1, 0.15) is 150 Å². The summed E-state index contributed by atoms with van der Waals surface area (Å²) < 4.78 is 13.8. The predicted octanol–water partition coefficient (Wildman–Crippen LogP) is 14.8. The van der Waals surface area contributed by atoms with Gasteiger partial charge in [0.1, 0.15) is 36.2 Å². The molecule has 0 atom stereocenters. The summed E-state index contributed by atoms with van der Waals surface area (Å²) >= 11 is 3.22. The minimum absolute atomic E-state index is 0.172. The highest BCUT2D eigenvalue weighted by atomic mass is 32.2. The van der Waals surface area contributed by atoms with E-state index in [-0.39, 0.29) is 71.5 Å². The summed E-state index contributed by atoms with van der Waals surface area (Å²) in [6.07, 6.45) is 5.39. The number of nitrogens with one attached hydrogen (secondary N) is 4. The zero-order valence-corrected chi connectivity index (χ0v) is 48.9. The number of phenolic OH excluding ortho intramolecular Hbond substituents is 2. The molecule has 0 saturated heterocycles. The maximum Gasteiger partial charge on any atom is 0.319 e. The first-order valence-electron chi connectivity index (χ1n) is 26.4. The average Bonchev–Trinajstić information content (AvgIpc) is 3.33. The Morgan fingerprint density at radius 2 is 0.724 bits per heavy atom. The Hall–Kier alpha value is -6.24. The van der Waals surface area contributed by atoms with Gasteiger partial charge in [-0.3, -0.25) is 0 Å². The molecule has 6 N–H and O–H groups in total. The molecule has 1 aliphatic rings. The van der Waals surface area contributed by atoms with Crippen molar-refractivity contribution in [3.05, 3.63) is 164 Å². The number of benzene rings is 6. The number of thioether (sulfide) groups is 2. The van der Waals surface area contributed by atoms with Crippen molar-refractivity contribution in [3.63, 3.8) is 0 Å². The first kappa shape index (κ1) is 57.5. The minimum atomic E-state index is -0.333. The van der Waals surface area contributed by atoms with Gasteiger partial charge in [0.05, 0.1) is 13.1 Å². The molecule has 0 radical (unpaired) electrons. The number of rotatable bonds is 12. The molecule has 0 saturated carbocycles. The lowest BCUT2D eigenvalue weighted by molar-refractivity contribution is 0.246. The van der Waals surface area contributed by atoms with E-state index in [9.17, 15) is 19.8 Å². The van der Waals surface area contributed by atoms with E-state index in [1.165, 1.54) is 0 Å². The van der Waals surface area contributed by atoms with E-state index < -0.39 is 0 Å². The van der Waals surface area contributed by atoms with Crippen LogP contribution in [0.25, 0.3) is 0 Å². The molecule has 6 aromatic rings. The van der Waals surface area contributed by atoms with Crippen LogP contribution >= 0.6 is 23.5 Å². The lowest BCUT2D eigenvalue weighted by Crippen LogP contribution is -2.32. The number of anilines is 2. The molecule has 4 amide bonds. The first-order valence-corrected chi connectivity index (χ1v) is 28.8. The van der Waals surface area contributed by atoms with Gasteiger partial charge in [-0.25, -0.2) is 9.59 Å². The molecule has 1 aliphatic carbocycles. The lowest BCUT2D eigenvalue weighted by Gasteiger charge is -2.28. The molecule has 12 heteroatoms. The van der Waals surface area contributed by atoms with Gasteiger partial charge in [0.2, 0.25) is 0 Å². The predicted molar refractivity (Wildman–Crippen MR) is 317 cm³/mol. The Morgan fingerprint density at radius 1 is 0.447 bits per heavy atom. The molecule has 404 valence electrons. The molecule has 10 nitrogen and oxygen atoms in total. The number of hydrogen-bond acceptors (Lipinski definition) is 8. The highest BCUT2D eigenvalue weighted by Crippen LogP contribution is 2.44. The van der Waals surface area contributed by atoms with Crippen molar-refractivity contribution in [3.8, 4) is 23.0 Å². The Kier molecular flexibility index (Phi) is 17.8. The van der Waals surface area contributed by atoms with Crippen LogP contribution in [-0.4, -0.2) is 61.1 Å². The van der Waals surface area contributed by atoms with Gasteiger partial charge in [0.25, 0.3) is 0 Å². The van der Waals surface area contributed by atoms with E-state index in [1.807, 2.05) is 61.0 Å². The fourth-order valence-corrected chi connectivity index (χ4v) is 10.3. The van der Waals surface area contributed by atoms with Gasteiger partial charge < -0.3 is 41.0 Å². The van der Waals surface area contributed by atoms with Crippen LogP contribution in [-0.2, 0) is 47.3 Å². The van der Waals surface area contributed by atoms with Crippen molar-refractivity contribution < 1.29 is 29.3 Å². The SMILES string of the molecule is CSc1cccc(NC(=O)NCCOc2c3cc(C(C)(C)C)cc2Cc2cc(C(C)(C)C)cc(c2O)Cc2cc(C(C)(C)C)cc(c2OCCNC(=O)Nc2cccc(SC)c2)Cc2cc(C(C)(C)C)cc(c2O)C3)c1. The number of ether oxygens (including phenoxy) is 2. The number of amides is 4. The fourth-order valence-electron chi connectivity index (χ4n) is 9.40. The molecule has 76 heavy (non-hydrogen) atoms. The van der Waals surface area contributed by atoms with Crippen LogP contribution in [0.4, 0.5) is 21.0 Å². The van der Waals surface area contributed by atoms with Crippen molar-refractivity contribution in [1.29, 1.82) is 0 Å². The van der Waals surface area contributed by atoms with E-state index in [1.54, 1.807) is 23.5 Å². The summed E-state index contributed by atoms with van der Waals surface area (Å²) in [5.41, 5.74) is 11.3. The van der Waals surface area contributed by atoms with Crippen LogP contribution in [0.3, 0.4) is 0 Å². The smallest absolute Gasteiger partial charge is 0.319 e. The number of fused-ring (bicyclic) bond motifs is 8. The number of urea groups is 2. The maximum atomic E-state index is 13.2. The van der Waals surface area contributed by atoms with Crippen molar-refractivity contribution >= 4 is 47.0 Å². The summed E-state index contributed by atoms with van der Waals surface area (Å²) in [7, 11) is 0. The monoisotopic (exact) mass is 1060 g/mol. The van der Waals surface area contributed by atoms with Gasteiger partial charge in [-0.15, -0.1) is 23.5 Å². The normalized spacial score (nSPS) is 12.9. The fraction of sp³-hybridized carbons (Fsp3) is 0.406. The molecule has 0 heterocycles. The molecular formula is C64H80N4O6S2. The topological polar surface area (TPSA) is 141 Å². The zero-order valence-electron chi connectivity index (χ0n) is 47.2. The summed E-state index contributed by atoms with van der Waals surface area (Å²) in [5.74, 6) is 1.72. The van der Waals surface area contributed by atoms with E-state index >= 15 is 0 Å². The van der Waals surface area contributed by atoms with Gasteiger partial charge in [-0.05, 0) is 137 Å². The van der Waals surface area contributed by atoms with E-state index in [0.717, 1.165) is 76.6 Å². The Bertz CT molecular complexity index is 2780. The average molecular weight is 1070 g/mol. The van der Waals surface area contributed by atoms with Gasteiger partial charge in [0, 0.05) is 46.8 Å². The third-order valence-electron chi connectivity index (χ3n) is 13.9. The van der Waals surface area contributed by atoms with Crippen LogP contribution in [0.5, 0.6) is 23.0 Å². The molecule has 7 rings (SSSR count). The summed E-state index contributed by atoms with van der Waals surface area (Å²) in [6.45, 7) is 27.1. The van der Waals surface area contributed by atoms with Crippen molar-refractivity contribution in [2.24, 2.45) is 0 Å². The molecule has 0 unspecified atom stereocenters. The van der Waals surface area contributed by atoms with Crippen molar-refractivity contribution in [2.75, 3.05) is 49.4 Å². The second-order valence-corrected chi connectivity index (χ2v) is 25.9. The van der Waals surface area contributed by atoms with Crippen LogP contribution in [0.2, 0.25) is 0 Å². The number of hydrogen-bond donors (Lipinski definition) is 6.